The number of anilines is 1. The molecule has 0 radical (unpaired) electrons. The number of likely N-dealkylation sites (tertiary alicyclic amines) is 1. The highest BCUT2D eigenvalue weighted by molar-refractivity contribution is 5.99. The van der Waals surface area contributed by atoms with Gasteiger partial charge in [0.25, 0.3) is 0 Å². The van der Waals surface area contributed by atoms with Crippen LogP contribution in [0, 0.1) is 0 Å². The second kappa shape index (κ2) is 4.49. The minimum absolute atomic E-state index is 0.137. The van der Waals surface area contributed by atoms with Gasteiger partial charge in [-0.05, 0) is 44.5 Å². The Morgan fingerprint density at radius 2 is 1.71 bits per heavy atom. The molecule has 3 nitrogen and oxygen atoms in total. The summed E-state index contributed by atoms with van der Waals surface area (Å²) in [5.41, 5.74) is 1.04. The van der Waals surface area contributed by atoms with E-state index in [1.807, 2.05) is 35.2 Å². The van der Waals surface area contributed by atoms with Gasteiger partial charge in [-0.25, -0.2) is 0 Å². The van der Waals surface area contributed by atoms with Gasteiger partial charge in [-0.3, -0.25) is 9.69 Å². The number of rotatable bonds is 2. The summed E-state index contributed by atoms with van der Waals surface area (Å²) < 4.78 is 0. The first-order valence-corrected chi connectivity index (χ1v) is 6.47. The number of amides is 1. The van der Waals surface area contributed by atoms with Crippen molar-refractivity contribution in [2.24, 2.45) is 0 Å². The van der Waals surface area contributed by atoms with E-state index in [4.69, 9.17) is 0 Å². The van der Waals surface area contributed by atoms with E-state index in [1.54, 1.807) is 0 Å². The van der Waals surface area contributed by atoms with Crippen LogP contribution in [0.15, 0.2) is 30.3 Å². The number of para-hydroxylation sites is 1. The fourth-order valence-electron chi connectivity index (χ4n) is 2.92. The molecule has 17 heavy (non-hydrogen) atoms. The Morgan fingerprint density at radius 3 is 2.41 bits per heavy atom. The monoisotopic (exact) mass is 230 g/mol. The highest BCUT2D eigenvalue weighted by Gasteiger charge is 2.37. The zero-order valence-electron chi connectivity index (χ0n) is 10.0. The number of benzene rings is 1. The summed E-state index contributed by atoms with van der Waals surface area (Å²) in [6.45, 7) is 3.06. The van der Waals surface area contributed by atoms with Crippen LogP contribution in [0.4, 0.5) is 5.69 Å². The SMILES string of the molecule is O=C1C(N2CCCC2)CCN1c1ccccc1. The van der Waals surface area contributed by atoms with Crippen molar-refractivity contribution in [1.82, 2.24) is 4.90 Å². The smallest absolute Gasteiger partial charge is 0.244 e. The first-order valence-electron chi connectivity index (χ1n) is 6.47. The van der Waals surface area contributed by atoms with Crippen LogP contribution in [0.1, 0.15) is 19.3 Å². The molecule has 1 aromatic rings. The van der Waals surface area contributed by atoms with Crippen LogP contribution < -0.4 is 4.90 Å². The Labute approximate surface area is 102 Å². The molecule has 1 amide bonds. The molecule has 2 fully saturated rings. The van der Waals surface area contributed by atoms with Gasteiger partial charge in [0.2, 0.25) is 5.91 Å². The molecule has 2 aliphatic rings. The standard InChI is InChI=1S/C14H18N2O/c17-14-13(15-9-4-5-10-15)8-11-16(14)12-6-2-1-3-7-12/h1-3,6-7,13H,4-5,8-11H2. The molecule has 1 unspecified atom stereocenters. The van der Waals surface area contributed by atoms with Crippen LogP contribution in [0.3, 0.4) is 0 Å². The molecule has 2 aliphatic heterocycles. The van der Waals surface area contributed by atoms with Crippen molar-refractivity contribution >= 4 is 11.6 Å². The molecule has 1 aromatic carbocycles. The molecular weight excluding hydrogens is 212 g/mol. The van der Waals surface area contributed by atoms with Gasteiger partial charge in [0.05, 0.1) is 6.04 Å². The molecule has 0 aliphatic carbocycles. The summed E-state index contributed by atoms with van der Waals surface area (Å²) in [6, 6.07) is 10.1. The van der Waals surface area contributed by atoms with Crippen molar-refractivity contribution in [2.75, 3.05) is 24.5 Å². The molecule has 0 bridgehead atoms. The van der Waals surface area contributed by atoms with Crippen LogP contribution in [0.25, 0.3) is 0 Å². The quantitative estimate of drug-likeness (QED) is 0.774. The molecule has 1 atom stereocenters. The third kappa shape index (κ3) is 1.95. The summed E-state index contributed by atoms with van der Waals surface area (Å²) in [4.78, 5) is 16.7. The lowest BCUT2D eigenvalue weighted by molar-refractivity contribution is -0.121. The minimum Gasteiger partial charge on any atom is -0.311 e. The van der Waals surface area contributed by atoms with Gasteiger partial charge >= 0.3 is 0 Å². The van der Waals surface area contributed by atoms with Crippen molar-refractivity contribution in [1.29, 1.82) is 0 Å². The molecule has 0 aromatic heterocycles. The normalized spacial score (nSPS) is 25.8. The van der Waals surface area contributed by atoms with Crippen molar-refractivity contribution in [3.05, 3.63) is 30.3 Å². The fraction of sp³-hybridized carbons (Fsp3) is 0.500. The number of hydrogen-bond acceptors (Lipinski definition) is 2. The Morgan fingerprint density at radius 1 is 1.00 bits per heavy atom. The van der Waals surface area contributed by atoms with Gasteiger partial charge in [-0.2, -0.15) is 0 Å². The Kier molecular flexibility index (Phi) is 2.85. The summed E-state index contributed by atoms with van der Waals surface area (Å²) >= 11 is 0. The summed E-state index contributed by atoms with van der Waals surface area (Å²) in [5.74, 6) is 0.290. The van der Waals surface area contributed by atoms with Crippen molar-refractivity contribution < 1.29 is 4.79 Å². The van der Waals surface area contributed by atoms with Gasteiger partial charge in [-0.15, -0.1) is 0 Å². The molecule has 90 valence electrons. The van der Waals surface area contributed by atoms with Crippen molar-refractivity contribution in [3.8, 4) is 0 Å². The van der Waals surface area contributed by atoms with E-state index >= 15 is 0 Å². The topological polar surface area (TPSA) is 23.6 Å². The summed E-state index contributed by atoms with van der Waals surface area (Å²) in [6.07, 6.45) is 3.47. The second-order valence-electron chi connectivity index (χ2n) is 4.87. The van der Waals surface area contributed by atoms with E-state index < -0.39 is 0 Å². The molecule has 0 N–H and O–H groups in total. The largest absolute Gasteiger partial charge is 0.311 e. The lowest BCUT2D eigenvalue weighted by atomic mass is 10.2. The molecular formula is C14H18N2O. The maximum absolute atomic E-state index is 12.4. The van der Waals surface area contributed by atoms with Gasteiger partial charge in [0, 0.05) is 12.2 Å². The third-order valence-corrected chi connectivity index (χ3v) is 3.83. The van der Waals surface area contributed by atoms with E-state index in [-0.39, 0.29) is 11.9 Å². The Bertz CT molecular complexity index is 398. The Hall–Kier alpha value is -1.35. The van der Waals surface area contributed by atoms with E-state index in [0.29, 0.717) is 0 Å². The van der Waals surface area contributed by atoms with Crippen LogP contribution in [-0.2, 0) is 4.79 Å². The lowest BCUT2D eigenvalue weighted by Crippen LogP contribution is -2.40. The number of hydrogen-bond donors (Lipinski definition) is 0. The Balaban J connectivity index is 1.76. The molecule has 2 saturated heterocycles. The zero-order chi connectivity index (χ0) is 11.7. The predicted octanol–water partition coefficient (Wildman–Crippen LogP) is 1.89. The highest BCUT2D eigenvalue weighted by atomic mass is 16.2. The number of carbonyl (C=O) groups excluding carboxylic acids is 1. The van der Waals surface area contributed by atoms with Gasteiger partial charge < -0.3 is 4.90 Å². The maximum atomic E-state index is 12.4. The predicted molar refractivity (Wildman–Crippen MR) is 68.0 cm³/mol. The highest BCUT2D eigenvalue weighted by Crippen LogP contribution is 2.26. The lowest BCUT2D eigenvalue weighted by Gasteiger charge is -2.22. The fourth-order valence-corrected chi connectivity index (χ4v) is 2.92. The van der Waals surface area contributed by atoms with E-state index in [0.717, 1.165) is 31.7 Å². The second-order valence-corrected chi connectivity index (χ2v) is 4.87. The average molecular weight is 230 g/mol. The molecule has 3 rings (SSSR count). The first-order chi connectivity index (χ1) is 8.36. The maximum Gasteiger partial charge on any atom is 0.244 e. The minimum atomic E-state index is 0.137. The van der Waals surface area contributed by atoms with Gasteiger partial charge in [0.15, 0.2) is 0 Å². The third-order valence-electron chi connectivity index (χ3n) is 3.83. The van der Waals surface area contributed by atoms with E-state index in [2.05, 4.69) is 4.90 Å². The van der Waals surface area contributed by atoms with Crippen LogP contribution >= 0.6 is 0 Å². The van der Waals surface area contributed by atoms with E-state index in [1.165, 1.54) is 12.8 Å². The van der Waals surface area contributed by atoms with Crippen molar-refractivity contribution in [2.45, 2.75) is 25.3 Å². The molecule has 3 heteroatoms. The molecule has 0 spiro atoms. The molecule has 0 saturated carbocycles. The van der Waals surface area contributed by atoms with E-state index in [9.17, 15) is 4.79 Å². The first kappa shape index (κ1) is 10.8. The number of carbonyl (C=O) groups is 1. The van der Waals surface area contributed by atoms with Crippen molar-refractivity contribution in [3.63, 3.8) is 0 Å². The molecule has 2 heterocycles. The van der Waals surface area contributed by atoms with Crippen LogP contribution in [0.5, 0.6) is 0 Å². The summed E-state index contributed by atoms with van der Waals surface area (Å²) in [7, 11) is 0. The van der Waals surface area contributed by atoms with Crippen LogP contribution in [0.2, 0.25) is 0 Å². The van der Waals surface area contributed by atoms with Gasteiger partial charge in [0.1, 0.15) is 0 Å². The number of nitrogens with zero attached hydrogens (tertiary/aromatic N) is 2. The van der Waals surface area contributed by atoms with Gasteiger partial charge in [-0.1, -0.05) is 18.2 Å². The van der Waals surface area contributed by atoms with Crippen LogP contribution in [-0.4, -0.2) is 36.5 Å². The summed E-state index contributed by atoms with van der Waals surface area (Å²) in [5, 5.41) is 0. The average Bonchev–Trinajstić information content (AvgIpc) is 2.99. The zero-order valence-corrected chi connectivity index (χ0v) is 10.0.